The lowest BCUT2D eigenvalue weighted by molar-refractivity contribution is -0.141. The second-order valence-electron chi connectivity index (χ2n) is 4.03. The molecule has 1 heterocycles. The van der Waals surface area contributed by atoms with Crippen molar-refractivity contribution >= 4 is 17.5 Å². The molecule has 2 rings (SSSR count). The van der Waals surface area contributed by atoms with Crippen molar-refractivity contribution < 1.29 is 27.5 Å². The summed E-state index contributed by atoms with van der Waals surface area (Å²) in [6.07, 6.45) is -4.61. The minimum atomic E-state index is -4.61. The van der Waals surface area contributed by atoms with Gasteiger partial charge in [-0.15, -0.1) is 0 Å². The van der Waals surface area contributed by atoms with Crippen LogP contribution in [0.1, 0.15) is 16.1 Å². The minimum absolute atomic E-state index is 0.174. The van der Waals surface area contributed by atoms with Crippen molar-refractivity contribution in [2.45, 2.75) is 6.18 Å². The Morgan fingerprint density at radius 3 is 2.48 bits per heavy atom. The van der Waals surface area contributed by atoms with E-state index in [2.05, 4.69) is 10.3 Å². The third-order valence-electron chi connectivity index (χ3n) is 2.52. The molecule has 0 amide bonds. The molecule has 0 atom stereocenters. The number of aromatic carboxylic acids is 1. The average Bonchev–Trinajstić information content (AvgIpc) is 2.40. The highest BCUT2D eigenvalue weighted by molar-refractivity contribution is 5.88. The molecule has 4 nitrogen and oxygen atoms in total. The fourth-order valence-electron chi connectivity index (χ4n) is 1.55. The summed E-state index contributed by atoms with van der Waals surface area (Å²) < 4.78 is 51.1. The summed E-state index contributed by atoms with van der Waals surface area (Å²) in [4.78, 5) is 14.0. The summed E-state index contributed by atoms with van der Waals surface area (Å²) in [7, 11) is 0. The molecule has 0 unspecified atom stereocenters. The summed E-state index contributed by atoms with van der Waals surface area (Å²) in [6.45, 7) is 0. The normalized spacial score (nSPS) is 11.2. The Bertz CT molecular complexity index is 686. The van der Waals surface area contributed by atoms with Crippen LogP contribution < -0.4 is 5.32 Å². The number of hydrogen-bond acceptors (Lipinski definition) is 3. The van der Waals surface area contributed by atoms with Gasteiger partial charge >= 0.3 is 12.1 Å². The first-order valence-electron chi connectivity index (χ1n) is 5.61. The van der Waals surface area contributed by atoms with Crippen molar-refractivity contribution in [3.8, 4) is 0 Å². The minimum Gasteiger partial charge on any atom is -0.478 e. The van der Waals surface area contributed by atoms with E-state index in [1.165, 1.54) is 6.07 Å². The number of carbonyl (C=O) groups is 1. The van der Waals surface area contributed by atoms with Gasteiger partial charge in [-0.05, 0) is 30.3 Å². The van der Waals surface area contributed by atoms with Crippen LogP contribution in [-0.2, 0) is 6.18 Å². The number of alkyl halides is 3. The first-order chi connectivity index (χ1) is 9.77. The largest absolute Gasteiger partial charge is 0.478 e. The van der Waals surface area contributed by atoms with Gasteiger partial charge in [-0.25, -0.2) is 14.2 Å². The van der Waals surface area contributed by atoms with E-state index in [1.807, 2.05) is 0 Å². The van der Waals surface area contributed by atoms with Gasteiger partial charge in [0.1, 0.15) is 17.3 Å². The molecular weight excluding hydrogens is 292 g/mol. The number of hydrogen-bond donors (Lipinski definition) is 2. The molecule has 0 bridgehead atoms. The van der Waals surface area contributed by atoms with E-state index < -0.39 is 23.7 Å². The molecule has 2 aromatic rings. The van der Waals surface area contributed by atoms with Crippen molar-refractivity contribution in [2.75, 3.05) is 5.32 Å². The summed E-state index contributed by atoms with van der Waals surface area (Å²) in [5, 5.41) is 11.1. The Morgan fingerprint density at radius 2 is 1.90 bits per heavy atom. The Kier molecular flexibility index (Phi) is 3.79. The van der Waals surface area contributed by atoms with E-state index >= 15 is 0 Å². The molecule has 0 aliphatic heterocycles. The second-order valence-corrected chi connectivity index (χ2v) is 4.03. The molecule has 8 heteroatoms. The van der Waals surface area contributed by atoms with Crippen molar-refractivity contribution in [1.29, 1.82) is 0 Å². The van der Waals surface area contributed by atoms with Crippen LogP contribution in [0, 0.1) is 5.82 Å². The fourth-order valence-corrected chi connectivity index (χ4v) is 1.55. The molecule has 0 aliphatic carbocycles. The van der Waals surface area contributed by atoms with E-state index in [4.69, 9.17) is 5.11 Å². The Balaban J connectivity index is 2.28. The van der Waals surface area contributed by atoms with E-state index in [1.54, 1.807) is 0 Å². The van der Waals surface area contributed by atoms with Crippen LogP contribution in [0.3, 0.4) is 0 Å². The first-order valence-corrected chi connectivity index (χ1v) is 5.61. The molecule has 110 valence electrons. The Hall–Kier alpha value is -2.64. The van der Waals surface area contributed by atoms with Crippen molar-refractivity contribution in [3.63, 3.8) is 0 Å². The van der Waals surface area contributed by atoms with Gasteiger partial charge in [-0.1, -0.05) is 6.07 Å². The summed E-state index contributed by atoms with van der Waals surface area (Å²) in [5.74, 6) is -2.42. The highest BCUT2D eigenvalue weighted by atomic mass is 19.4. The van der Waals surface area contributed by atoms with Crippen LogP contribution in [0.5, 0.6) is 0 Å². The van der Waals surface area contributed by atoms with Crippen LogP contribution in [0.25, 0.3) is 0 Å². The average molecular weight is 300 g/mol. The van der Waals surface area contributed by atoms with Crippen molar-refractivity contribution in [2.24, 2.45) is 0 Å². The molecule has 1 aromatic heterocycles. The van der Waals surface area contributed by atoms with Gasteiger partial charge in [0.25, 0.3) is 0 Å². The van der Waals surface area contributed by atoms with Crippen LogP contribution in [0.2, 0.25) is 0 Å². The number of nitrogens with zero attached hydrogens (tertiary/aromatic N) is 1. The number of aromatic nitrogens is 1. The number of pyridine rings is 1. The van der Waals surface area contributed by atoms with E-state index in [9.17, 15) is 22.4 Å². The summed E-state index contributed by atoms with van der Waals surface area (Å²) in [5.41, 5.74) is -1.56. The zero-order valence-corrected chi connectivity index (χ0v) is 10.3. The van der Waals surface area contributed by atoms with Gasteiger partial charge in [0.05, 0.1) is 11.3 Å². The molecule has 1 aromatic carbocycles. The molecule has 0 aliphatic rings. The Labute approximate surface area is 116 Å². The van der Waals surface area contributed by atoms with E-state index in [0.29, 0.717) is 0 Å². The van der Waals surface area contributed by atoms with Gasteiger partial charge < -0.3 is 10.4 Å². The van der Waals surface area contributed by atoms with Gasteiger partial charge in [-0.2, -0.15) is 13.2 Å². The topological polar surface area (TPSA) is 62.2 Å². The number of carboxylic acids is 1. The quantitative estimate of drug-likeness (QED) is 0.849. The third kappa shape index (κ3) is 3.47. The lowest BCUT2D eigenvalue weighted by Gasteiger charge is -2.10. The van der Waals surface area contributed by atoms with Gasteiger partial charge in [0.2, 0.25) is 0 Å². The maximum atomic E-state index is 13.7. The predicted molar refractivity (Wildman–Crippen MR) is 65.9 cm³/mol. The van der Waals surface area contributed by atoms with Gasteiger partial charge in [0, 0.05) is 0 Å². The van der Waals surface area contributed by atoms with Gasteiger partial charge in [-0.3, -0.25) is 0 Å². The SMILES string of the molecule is O=C(O)c1ccc(Nc2cccc(C(F)(F)F)n2)c(F)c1. The lowest BCUT2D eigenvalue weighted by Crippen LogP contribution is -2.09. The van der Waals surface area contributed by atoms with Gasteiger partial charge in [0.15, 0.2) is 0 Å². The maximum absolute atomic E-state index is 13.7. The number of halogens is 4. The molecule has 0 saturated carbocycles. The maximum Gasteiger partial charge on any atom is 0.433 e. The van der Waals surface area contributed by atoms with E-state index in [-0.39, 0.29) is 17.1 Å². The number of rotatable bonds is 3. The summed E-state index contributed by atoms with van der Waals surface area (Å²) in [6, 6.07) is 6.15. The molecular formula is C13H8F4N2O2. The monoisotopic (exact) mass is 300 g/mol. The van der Waals surface area contributed by atoms with E-state index in [0.717, 1.165) is 30.3 Å². The molecule has 2 N–H and O–H groups in total. The van der Waals surface area contributed by atoms with Crippen LogP contribution in [-0.4, -0.2) is 16.1 Å². The zero-order valence-electron chi connectivity index (χ0n) is 10.3. The fraction of sp³-hybridized carbons (Fsp3) is 0.0769. The highest BCUT2D eigenvalue weighted by Gasteiger charge is 2.32. The molecule has 0 saturated heterocycles. The van der Waals surface area contributed by atoms with Crippen LogP contribution >= 0.6 is 0 Å². The number of benzene rings is 1. The molecule has 21 heavy (non-hydrogen) atoms. The van der Waals surface area contributed by atoms with Crippen molar-refractivity contribution in [3.05, 3.63) is 53.5 Å². The number of anilines is 2. The Morgan fingerprint density at radius 1 is 1.19 bits per heavy atom. The lowest BCUT2D eigenvalue weighted by atomic mass is 10.2. The standard InChI is InChI=1S/C13H8F4N2O2/c14-8-6-7(12(20)21)4-5-9(8)18-11-3-1-2-10(19-11)13(15,16)17/h1-6H,(H,18,19)(H,20,21). The molecule has 0 radical (unpaired) electrons. The van der Waals surface area contributed by atoms with Crippen molar-refractivity contribution in [1.82, 2.24) is 4.98 Å². The zero-order chi connectivity index (χ0) is 15.6. The molecule has 0 fully saturated rings. The van der Waals surface area contributed by atoms with Crippen LogP contribution in [0.4, 0.5) is 29.1 Å². The summed E-state index contributed by atoms with van der Waals surface area (Å²) >= 11 is 0. The first kappa shape index (κ1) is 14.8. The number of nitrogens with one attached hydrogen (secondary N) is 1. The molecule has 0 spiro atoms. The second kappa shape index (κ2) is 5.39. The smallest absolute Gasteiger partial charge is 0.433 e. The highest BCUT2D eigenvalue weighted by Crippen LogP contribution is 2.29. The van der Waals surface area contributed by atoms with Crippen LogP contribution in [0.15, 0.2) is 36.4 Å². The third-order valence-corrected chi connectivity index (χ3v) is 2.52. The predicted octanol–water partition coefficient (Wildman–Crippen LogP) is 3.68. The number of carboxylic acid groups (broad SMARTS) is 1.